The maximum absolute atomic E-state index is 12.2. The Kier molecular flexibility index (Phi) is 5.06. The highest BCUT2D eigenvalue weighted by Crippen LogP contribution is 2.17. The van der Waals surface area contributed by atoms with Crippen LogP contribution in [0.1, 0.15) is 26.3 Å². The lowest BCUT2D eigenvalue weighted by Crippen LogP contribution is -2.49. The van der Waals surface area contributed by atoms with Gasteiger partial charge in [0.05, 0.1) is 12.0 Å². The van der Waals surface area contributed by atoms with Crippen molar-refractivity contribution in [1.29, 1.82) is 0 Å². The molecular formula is C14H21N3O2. The molecule has 0 aliphatic rings. The summed E-state index contributed by atoms with van der Waals surface area (Å²) in [5, 5.41) is 5.93. The number of likely N-dealkylation sites (N-methyl/N-ethyl adjacent to an activating group) is 1. The van der Waals surface area contributed by atoms with Gasteiger partial charge in [-0.25, -0.2) is 0 Å². The molecule has 5 nitrogen and oxygen atoms in total. The minimum Gasteiger partial charge on any atom is -0.369 e. The van der Waals surface area contributed by atoms with Gasteiger partial charge >= 0.3 is 0 Å². The highest BCUT2D eigenvalue weighted by Gasteiger charge is 2.26. The first-order chi connectivity index (χ1) is 8.86. The van der Waals surface area contributed by atoms with Crippen molar-refractivity contribution < 1.29 is 9.59 Å². The molecule has 0 aromatic heterocycles. The van der Waals surface area contributed by atoms with Gasteiger partial charge in [-0.05, 0) is 32.0 Å². The molecule has 0 atom stereocenters. The zero-order valence-corrected chi connectivity index (χ0v) is 11.6. The Labute approximate surface area is 113 Å². The first kappa shape index (κ1) is 15.2. The van der Waals surface area contributed by atoms with Gasteiger partial charge in [0, 0.05) is 5.69 Å². The molecule has 0 saturated carbocycles. The highest BCUT2D eigenvalue weighted by molar-refractivity contribution is 5.98. The number of nitrogens with one attached hydrogen (secondary N) is 2. The van der Waals surface area contributed by atoms with Crippen LogP contribution >= 0.6 is 0 Å². The number of anilines is 1. The molecule has 19 heavy (non-hydrogen) atoms. The molecule has 0 unspecified atom stereocenters. The van der Waals surface area contributed by atoms with Crippen LogP contribution in [0, 0.1) is 0 Å². The normalized spacial score (nSPS) is 11.1. The number of rotatable bonds is 6. The van der Waals surface area contributed by atoms with Gasteiger partial charge in [-0.1, -0.05) is 25.1 Å². The van der Waals surface area contributed by atoms with E-state index in [9.17, 15) is 9.59 Å². The summed E-state index contributed by atoms with van der Waals surface area (Å²) < 4.78 is 0. The first-order valence-corrected chi connectivity index (χ1v) is 6.29. The maximum atomic E-state index is 12.2. The van der Waals surface area contributed by atoms with Crippen LogP contribution in [0.15, 0.2) is 24.3 Å². The number of carbonyl (C=O) groups is 2. The van der Waals surface area contributed by atoms with Crippen molar-refractivity contribution >= 4 is 17.5 Å². The average molecular weight is 263 g/mol. The number of hydrogen-bond donors (Lipinski definition) is 3. The van der Waals surface area contributed by atoms with E-state index in [0.717, 1.165) is 5.56 Å². The predicted molar refractivity (Wildman–Crippen MR) is 75.7 cm³/mol. The molecule has 4 N–H and O–H groups in total. The lowest BCUT2D eigenvalue weighted by Gasteiger charge is -2.25. The van der Waals surface area contributed by atoms with Gasteiger partial charge in [-0.2, -0.15) is 0 Å². The largest absolute Gasteiger partial charge is 0.369 e. The maximum Gasteiger partial charge on any atom is 0.244 e. The fourth-order valence-corrected chi connectivity index (χ4v) is 1.78. The molecule has 0 radical (unpaired) electrons. The zero-order valence-electron chi connectivity index (χ0n) is 11.6. The van der Waals surface area contributed by atoms with Crippen LogP contribution in [-0.4, -0.2) is 23.9 Å². The third kappa shape index (κ3) is 4.37. The Bertz CT molecular complexity index is 470. The van der Waals surface area contributed by atoms with Crippen molar-refractivity contribution in [3.8, 4) is 0 Å². The van der Waals surface area contributed by atoms with Gasteiger partial charge in [-0.15, -0.1) is 0 Å². The number of carbonyl (C=O) groups excluding carboxylic acids is 2. The number of benzene rings is 1. The van der Waals surface area contributed by atoms with Gasteiger partial charge in [0.25, 0.3) is 0 Å². The quantitative estimate of drug-likeness (QED) is 0.717. The molecule has 104 valence electrons. The summed E-state index contributed by atoms with van der Waals surface area (Å²) in [5.41, 5.74) is 5.86. The molecule has 0 saturated heterocycles. The number of para-hydroxylation sites is 1. The van der Waals surface area contributed by atoms with E-state index in [1.54, 1.807) is 18.2 Å². The number of hydrogen-bond acceptors (Lipinski definition) is 3. The number of primary amides is 1. The zero-order chi connectivity index (χ0) is 14.5. The standard InChI is InChI=1S/C14H21N3O2/c1-4-16-14(2,3)13(19)17-11-8-6-5-7-10(11)9-12(15)18/h5-8,16H,4,9H2,1-3H3,(H2,15,18)(H,17,19). The highest BCUT2D eigenvalue weighted by atomic mass is 16.2. The van der Waals surface area contributed by atoms with E-state index in [-0.39, 0.29) is 12.3 Å². The van der Waals surface area contributed by atoms with Gasteiger partial charge in [0.15, 0.2) is 0 Å². The molecular weight excluding hydrogens is 242 g/mol. The second kappa shape index (κ2) is 6.33. The molecule has 0 spiro atoms. The van der Waals surface area contributed by atoms with Crippen LogP contribution in [0.25, 0.3) is 0 Å². The summed E-state index contributed by atoms with van der Waals surface area (Å²) in [4.78, 5) is 23.2. The smallest absolute Gasteiger partial charge is 0.244 e. The van der Waals surface area contributed by atoms with Gasteiger partial charge < -0.3 is 16.4 Å². The van der Waals surface area contributed by atoms with Crippen LogP contribution in [0.4, 0.5) is 5.69 Å². The average Bonchev–Trinajstić information content (AvgIpc) is 2.30. The Hall–Kier alpha value is -1.88. The van der Waals surface area contributed by atoms with E-state index in [2.05, 4.69) is 10.6 Å². The van der Waals surface area contributed by atoms with Crippen molar-refractivity contribution in [2.45, 2.75) is 32.7 Å². The molecule has 0 aliphatic heterocycles. The van der Waals surface area contributed by atoms with Crippen molar-refractivity contribution in [3.63, 3.8) is 0 Å². The van der Waals surface area contributed by atoms with E-state index in [0.29, 0.717) is 12.2 Å². The second-order valence-electron chi connectivity index (χ2n) is 4.91. The minimum atomic E-state index is -0.672. The fraction of sp³-hybridized carbons (Fsp3) is 0.429. The minimum absolute atomic E-state index is 0.109. The first-order valence-electron chi connectivity index (χ1n) is 6.29. The van der Waals surface area contributed by atoms with E-state index >= 15 is 0 Å². The lowest BCUT2D eigenvalue weighted by molar-refractivity contribution is -0.121. The molecule has 1 aromatic rings. The number of nitrogens with two attached hydrogens (primary N) is 1. The molecule has 0 bridgehead atoms. The topological polar surface area (TPSA) is 84.2 Å². The molecule has 1 aromatic carbocycles. The molecule has 0 aliphatic carbocycles. The summed E-state index contributed by atoms with van der Waals surface area (Å²) in [7, 11) is 0. The second-order valence-corrected chi connectivity index (χ2v) is 4.91. The Balaban J connectivity index is 2.87. The van der Waals surface area contributed by atoms with Crippen molar-refractivity contribution in [3.05, 3.63) is 29.8 Å². The molecule has 5 heteroatoms. The van der Waals surface area contributed by atoms with Crippen LogP contribution in [-0.2, 0) is 16.0 Å². The van der Waals surface area contributed by atoms with E-state index in [1.807, 2.05) is 26.8 Å². The third-order valence-electron chi connectivity index (χ3n) is 2.82. The molecule has 0 heterocycles. The summed E-state index contributed by atoms with van der Waals surface area (Å²) in [5.74, 6) is -0.570. The lowest BCUT2D eigenvalue weighted by atomic mass is 10.0. The Morgan fingerprint density at radius 1 is 1.26 bits per heavy atom. The third-order valence-corrected chi connectivity index (χ3v) is 2.82. The fourth-order valence-electron chi connectivity index (χ4n) is 1.78. The predicted octanol–water partition coefficient (Wildman–Crippen LogP) is 1.04. The van der Waals surface area contributed by atoms with Gasteiger partial charge in [-0.3, -0.25) is 9.59 Å². The van der Waals surface area contributed by atoms with Crippen molar-refractivity contribution in [2.75, 3.05) is 11.9 Å². The number of amides is 2. The van der Waals surface area contributed by atoms with E-state index < -0.39 is 11.4 Å². The SMILES string of the molecule is CCNC(C)(C)C(=O)Nc1ccccc1CC(N)=O. The van der Waals surface area contributed by atoms with Gasteiger partial charge in [0.2, 0.25) is 11.8 Å². The summed E-state index contributed by atoms with van der Waals surface area (Å²) in [6.45, 7) is 6.25. The Morgan fingerprint density at radius 2 is 1.89 bits per heavy atom. The van der Waals surface area contributed by atoms with E-state index in [1.165, 1.54) is 0 Å². The molecule has 1 rings (SSSR count). The summed E-state index contributed by atoms with van der Waals surface area (Å²) in [6, 6.07) is 7.16. The van der Waals surface area contributed by atoms with Crippen molar-refractivity contribution in [1.82, 2.24) is 5.32 Å². The molecule has 0 fully saturated rings. The monoisotopic (exact) mass is 263 g/mol. The van der Waals surface area contributed by atoms with Crippen molar-refractivity contribution in [2.24, 2.45) is 5.73 Å². The molecule has 2 amide bonds. The summed E-state index contributed by atoms with van der Waals surface area (Å²) in [6.07, 6.45) is 0.109. The van der Waals surface area contributed by atoms with E-state index in [4.69, 9.17) is 5.73 Å². The van der Waals surface area contributed by atoms with Crippen LogP contribution in [0.3, 0.4) is 0 Å². The van der Waals surface area contributed by atoms with Crippen LogP contribution < -0.4 is 16.4 Å². The summed E-state index contributed by atoms with van der Waals surface area (Å²) >= 11 is 0. The van der Waals surface area contributed by atoms with Crippen LogP contribution in [0.2, 0.25) is 0 Å². The van der Waals surface area contributed by atoms with Gasteiger partial charge in [0.1, 0.15) is 0 Å². The Morgan fingerprint density at radius 3 is 2.47 bits per heavy atom. The van der Waals surface area contributed by atoms with Crippen LogP contribution in [0.5, 0.6) is 0 Å².